The SMILES string of the molecule is CC(C)CN(Cc1csc(COc2ccccc2)n1)C(=O)c1ccco1. The number of aromatic nitrogens is 1. The predicted octanol–water partition coefficient (Wildman–Crippen LogP) is 4.61. The van der Waals surface area contributed by atoms with Gasteiger partial charge in [-0.05, 0) is 30.2 Å². The number of furan rings is 1. The van der Waals surface area contributed by atoms with Crippen molar-refractivity contribution in [3.05, 3.63) is 70.6 Å². The van der Waals surface area contributed by atoms with Gasteiger partial charge in [0.1, 0.15) is 17.4 Å². The number of carbonyl (C=O) groups excluding carboxylic acids is 1. The van der Waals surface area contributed by atoms with Gasteiger partial charge in [0, 0.05) is 11.9 Å². The Balaban J connectivity index is 1.63. The second-order valence-corrected chi connectivity index (χ2v) is 7.33. The molecular weight excluding hydrogens is 348 g/mol. The molecule has 0 saturated carbocycles. The van der Waals surface area contributed by atoms with Crippen LogP contribution in [0.25, 0.3) is 0 Å². The summed E-state index contributed by atoms with van der Waals surface area (Å²) in [6.07, 6.45) is 1.52. The molecule has 6 heteroatoms. The van der Waals surface area contributed by atoms with Gasteiger partial charge in [0.05, 0.1) is 18.5 Å². The number of carbonyl (C=O) groups is 1. The van der Waals surface area contributed by atoms with Gasteiger partial charge in [0.2, 0.25) is 0 Å². The van der Waals surface area contributed by atoms with Gasteiger partial charge in [0.15, 0.2) is 5.76 Å². The van der Waals surface area contributed by atoms with E-state index in [1.54, 1.807) is 28.4 Å². The molecule has 0 fully saturated rings. The number of hydrogen-bond donors (Lipinski definition) is 0. The normalized spacial score (nSPS) is 10.9. The largest absolute Gasteiger partial charge is 0.486 e. The first-order valence-electron chi connectivity index (χ1n) is 8.55. The fourth-order valence-electron chi connectivity index (χ4n) is 2.56. The lowest BCUT2D eigenvalue weighted by molar-refractivity contribution is 0.0688. The first-order chi connectivity index (χ1) is 12.6. The van der Waals surface area contributed by atoms with Crippen LogP contribution in [0, 0.1) is 5.92 Å². The van der Waals surface area contributed by atoms with Gasteiger partial charge in [-0.1, -0.05) is 32.0 Å². The van der Waals surface area contributed by atoms with Crippen LogP contribution in [-0.2, 0) is 13.2 Å². The van der Waals surface area contributed by atoms with E-state index in [1.165, 1.54) is 6.26 Å². The molecule has 26 heavy (non-hydrogen) atoms. The summed E-state index contributed by atoms with van der Waals surface area (Å²) in [6, 6.07) is 13.1. The standard InChI is InChI=1S/C20H22N2O3S/c1-15(2)11-22(20(23)18-9-6-10-24-18)12-16-14-26-19(21-16)13-25-17-7-4-3-5-8-17/h3-10,14-15H,11-13H2,1-2H3. The van der Waals surface area contributed by atoms with Crippen molar-refractivity contribution in [1.29, 1.82) is 0 Å². The lowest BCUT2D eigenvalue weighted by Crippen LogP contribution is -2.33. The van der Waals surface area contributed by atoms with Crippen molar-refractivity contribution in [3.8, 4) is 5.75 Å². The Labute approximate surface area is 157 Å². The number of hydrogen-bond acceptors (Lipinski definition) is 5. The molecule has 0 atom stereocenters. The van der Waals surface area contributed by atoms with Crippen LogP contribution in [0.4, 0.5) is 0 Å². The first-order valence-corrected chi connectivity index (χ1v) is 9.43. The molecule has 0 unspecified atom stereocenters. The van der Waals surface area contributed by atoms with E-state index >= 15 is 0 Å². The summed E-state index contributed by atoms with van der Waals surface area (Å²) in [5.41, 5.74) is 0.863. The Kier molecular flexibility index (Phi) is 6.07. The summed E-state index contributed by atoms with van der Waals surface area (Å²) in [6.45, 7) is 5.70. The summed E-state index contributed by atoms with van der Waals surface area (Å²) in [5, 5.41) is 2.87. The predicted molar refractivity (Wildman–Crippen MR) is 101 cm³/mol. The first kappa shape index (κ1) is 18.2. The van der Waals surface area contributed by atoms with Crippen molar-refractivity contribution in [3.63, 3.8) is 0 Å². The van der Waals surface area contributed by atoms with E-state index in [4.69, 9.17) is 9.15 Å². The summed E-state index contributed by atoms with van der Waals surface area (Å²) in [5.74, 6) is 1.42. The zero-order chi connectivity index (χ0) is 18.4. The van der Waals surface area contributed by atoms with Gasteiger partial charge in [-0.25, -0.2) is 4.98 Å². The highest BCUT2D eigenvalue weighted by Gasteiger charge is 2.20. The van der Waals surface area contributed by atoms with E-state index in [2.05, 4.69) is 18.8 Å². The molecule has 0 aliphatic heterocycles. The van der Waals surface area contributed by atoms with Crippen molar-refractivity contribution in [2.75, 3.05) is 6.54 Å². The second kappa shape index (κ2) is 8.67. The molecule has 0 aliphatic carbocycles. The molecule has 1 aromatic carbocycles. The van der Waals surface area contributed by atoms with Crippen molar-refractivity contribution in [2.45, 2.75) is 27.0 Å². The number of ether oxygens (including phenoxy) is 1. The molecular formula is C20H22N2O3S. The van der Waals surface area contributed by atoms with Gasteiger partial charge < -0.3 is 14.1 Å². The van der Waals surface area contributed by atoms with Crippen LogP contribution < -0.4 is 4.74 Å². The topological polar surface area (TPSA) is 55.6 Å². The molecule has 0 spiro atoms. The molecule has 1 amide bonds. The van der Waals surface area contributed by atoms with Crippen molar-refractivity contribution in [2.24, 2.45) is 5.92 Å². The average molecular weight is 370 g/mol. The minimum absolute atomic E-state index is 0.112. The molecule has 0 N–H and O–H groups in total. The lowest BCUT2D eigenvalue weighted by Gasteiger charge is -2.22. The average Bonchev–Trinajstić information content (AvgIpc) is 3.31. The van der Waals surface area contributed by atoms with Gasteiger partial charge in [-0.15, -0.1) is 11.3 Å². The second-order valence-electron chi connectivity index (χ2n) is 6.39. The van der Waals surface area contributed by atoms with Gasteiger partial charge in [-0.2, -0.15) is 0 Å². The molecule has 0 saturated heterocycles. The summed E-state index contributed by atoms with van der Waals surface area (Å²) in [4.78, 5) is 19.0. The molecule has 3 aromatic rings. The highest BCUT2D eigenvalue weighted by molar-refractivity contribution is 7.09. The third kappa shape index (κ3) is 4.95. The van der Waals surface area contributed by atoms with Crippen LogP contribution in [0.15, 0.2) is 58.5 Å². The number of rotatable bonds is 8. The van der Waals surface area contributed by atoms with E-state index < -0.39 is 0 Å². The number of thiazole rings is 1. The smallest absolute Gasteiger partial charge is 0.289 e. The Morgan fingerprint density at radius 3 is 2.73 bits per heavy atom. The summed E-state index contributed by atoms with van der Waals surface area (Å²) in [7, 11) is 0. The summed E-state index contributed by atoms with van der Waals surface area (Å²) < 4.78 is 11.0. The van der Waals surface area contributed by atoms with E-state index in [-0.39, 0.29) is 5.91 Å². The summed E-state index contributed by atoms with van der Waals surface area (Å²) >= 11 is 1.54. The van der Waals surface area contributed by atoms with Crippen LogP contribution >= 0.6 is 11.3 Å². The highest BCUT2D eigenvalue weighted by Crippen LogP contribution is 2.18. The maximum atomic E-state index is 12.6. The maximum Gasteiger partial charge on any atom is 0.289 e. The Hall–Kier alpha value is -2.60. The zero-order valence-corrected chi connectivity index (χ0v) is 15.7. The van der Waals surface area contributed by atoms with Crippen LogP contribution in [0.1, 0.15) is 35.1 Å². The fourth-order valence-corrected chi connectivity index (χ4v) is 3.26. The van der Waals surface area contributed by atoms with Gasteiger partial charge in [0.25, 0.3) is 5.91 Å². The number of nitrogens with zero attached hydrogens (tertiary/aromatic N) is 2. The Morgan fingerprint density at radius 1 is 1.23 bits per heavy atom. The van der Waals surface area contributed by atoms with Crippen LogP contribution in [0.5, 0.6) is 5.75 Å². The third-order valence-corrected chi connectivity index (χ3v) is 4.53. The molecule has 3 rings (SSSR count). The monoisotopic (exact) mass is 370 g/mol. The molecule has 0 radical (unpaired) electrons. The molecule has 5 nitrogen and oxygen atoms in total. The Bertz CT molecular complexity index is 813. The van der Waals surface area contributed by atoms with Crippen molar-refractivity contribution < 1.29 is 13.9 Å². The zero-order valence-electron chi connectivity index (χ0n) is 14.9. The number of amides is 1. The molecule has 2 aromatic heterocycles. The van der Waals surface area contributed by atoms with E-state index in [9.17, 15) is 4.79 Å². The number of benzene rings is 1. The molecule has 0 aliphatic rings. The third-order valence-electron chi connectivity index (χ3n) is 3.66. The van der Waals surface area contributed by atoms with E-state index in [1.807, 2.05) is 35.7 Å². The minimum Gasteiger partial charge on any atom is -0.486 e. The van der Waals surface area contributed by atoms with Crippen LogP contribution in [0.3, 0.4) is 0 Å². The fraction of sp³-hybridized carbons (Fsp3) is 0.300. The minimum atomic E-state index is -0.112. The van der Waals surface area contributed by atoms with Crippen LogP contribution in [-0.4, -0.2) is 22.3 Å². The lowest BCUT2D eigenvalue weighted by atomic mass is 10.2. The van der Waals surface area contributed by atoms with Crippen molar-refractivity contribution >= 4 is 17.2 Å². The van der Waals surface area contributed by atoms with Gasteiger partial charge in [-0.3, -0.25) is 4.79 Å². The maximum absolute atomic E-state index is 12.6. The molecule has 2 heterocycles. The van der Waals surface area contributed by atoms with Crippen LogP contribution in [0.2, 0.25) is 0 Å². The van der Waals surface area contributed by atoms with E-state index in [0.717, 1.165) is 16.5 Å². The highest BCUT2D eigenvalue weighted by atomic mass is 32.1. The quantitative estimate of drug-likeness (QED) is 0.581. The van der Waals surface area contributed by atoms with Crippen molar-refractivity contribution in [1.82, 2.24) is 9.88 Å². The van der Waals surface area contributed by atoms with E-state index in [0.29, 0.717) is 31.4 Å². The molecule has 0 bridgehead atoms. The van der Waals surface area contributed by atoms with Gasteiger partial charge >= 0.3 is 0 Å². The number of para-hydroxylation sites is 1. The Morgan fingerprint density at radius 2 is 2.04 bits per heavy atom. The molecule has 136 valence electrons.